The fourth-order valence-electron chi connectivity index (χ4n) is 2.18. The summed E-state index contributed by atoms with van der Waals surface area (Å²) in [5.41, 5.74) is 0.825. The van der Waals surface area contributed by atoms with E-state index in [1.165, 1.54) is 23.9 Å². The van der Waals surface area contributed by atoms with Gasteiger partial charge in [-0.25, -0.2) is 13.6 Å². The molecule has 0 aliphatic heterocycles. The first kappa shape index (κ1) is 19.8. The number of nitrogens with zero attached hydrogens (tertiary/aromatic N) is 1. The molecule has 1 amide bonds. The van der Waals surface area contributed by atoms with Gasteiger partial charge in [-0.2, -0.15) is 0 Å². The number of thioether (sulfide) groups is 1. The van der Waals surface area contributed by atoms with E-state index < -0.39 is 10.0 Å². The van der Waals surface area contributed by atoms with Gasteiger partial charge < -0.3 is 4.90 Å². The fraction of sp³-hybridized carbons (Fsp3) is 0.235. The largest absolute Gasteiger partial charge is 0.338 e. The molecule has 1 unspecified atom stereocenters. The molecule has 2 aromatic carbocycles. The monoisotopic (exact) mass is 398 g/mol. The Balaban J connectivity index is 2.02. The van der Waals surface area contributed by atoms with Crippen LogP contribution in [0.15, 0.2) is 58.3 Å². The highest BCUT2D eigenvalue weighted by atomic mass is 35.5. The maximum absolute atomic E-state index is 12.4. The highest BCUT2D eigenvalue weighted by Gasteiger charge is 2.18. The third-order valence-corrected chi connectivity index (χ3v) is 6.28. The van der Waals surface area contributed by atoms with Crippen LogP contribution in [0.5, 0.6) is 0 Å². The van der Waals surface area contributed by atoms with E-state index in [9.17, 15) is 13.2 Å². The number of hydrogen-bond donors (Lipinski definition) is 1. The molecule has 0 aliphatic carbocycles. The Kier molecular flexibility index (Phi) is 6.51. The zero-order chi connectivity index (χ0) is 18.6. The summed E-state index contributed by atoms with van der Waals surface area (Å²) in [7, 11) is -2.01. The molecule has 1 atom stereocenters. The molecular formula is C17H19ClN2O3S2. The second-order valence-corrected chi connectivity index (χ2v) is 8.50. The Hall–Kier alpha value is -1.54. The molecular weight excluding hydrogens is 380 g/mol. The van der Waals surface area contributed by atoms with Gasteiger partial charge in [0.2, 0.25) is 15.9 Å². The second-order valence-electron chi connectivity index (χ2n) is 5.51. The number of hydrogen-bond acceptors (Lipinski definition) is 4. The summed E-state index contributed by atoms with van der Waals surface area (Å²) in [6.07, 6.45) is 0. The van der Waals surface area contributed by atoms with Crippen LogP contribution in [-0.2, 0) is 14.8 Å². The number of carbonyl (C=O) groups is 1. The van der Waals surface area contributed by atoms with Gasteiger partial charge in [0.1, 0.15) is 0 Å². The topological polar surface area (TPSA) is 80.5 Å². The van der Waals surface area contributed by atoms with Crippen molar-refractivity contribution in [3.8, 4) is 0 Å². The molecule has 0 bridgehead atoms. The molecule has 2 aromatic rings. The SMILES string of the molecule is CC(c1ccc(S(N)(=O)=O)cc1)N(C)C(=O)CSc1ccccc1Cl. The van der Waals surface area contributed by atoms with Crippen molar-refractivity contribution in [2.45, 2.75) is 22.8 Å². The first-order chi connectivity index (χ1) is 11.7. The predicted octanol–water partition coefficient (Wildman–Crippen LogP) is 3.30. The van der Waals surface area contributed by atoms with Crippen LogP contribution in [0.1, 0.15) is 18.5 Å². The van der Waals surface area contributed by atoms with Gasteiger partial charge in [0.25, 0.3) is 0 Å². The van der Waals surface area contributed by atoms with E-state index in [2.05, 4.69) is 0 Å². The smallest absolute Gasteiger partial charge is 0.238 e. The fourth-order valence-corrected chi connectivity index (χ4v) is 3.86. The quantitative estimate of drug-likeness (QED) is 0.757. The van der Waals surface area contributed by atoms with Crippen molar-refractivity contribution < 1.29 is 13.2 Å². The number of amides is 1. The number of carbonyl (C=O) groups excluding carboxylic acids is 1. The summed E-state index contributed by atoms with van der Waals surface area (Å²) in [5, 5.41) is 5.71. The van der Waals surface area contributed by atoms with E-state index in [0.29, 0.717) is 5.02 Å². The van der Waals surface area contributed by atoms with E-state index in [4.69, 9.17) is 16.7 Å². The Labute approximate surface area is 157 Å². The van der Waals surface area contributed by atoms with Gasteiger partial charge in [-0.15, -0.1) is 11.8 Å². The lowest BCUT2D eigenvalue weighted by molar-refractivity contribution is -0.128. The van der Waals surface area contributed by atoms with Gasteiger partial charge in [-0.05, 0) is 36.8 Å². The number of nitrogens with two attached hydrogens (primary N) is 1. The summed E-state index contributed by atoms with van der Waals surface area (Å²) in [4.78, 5) is 14.9. The van der Waals surface area contributed by atoms with Crippen LogP contribution in [0, 0.1) is 0 Å². The highest BCUT2D eigenvalue weighted by molar-refractivity contribution is 8.00. The van der Waals surface area contributed by atoms with Gasteiger partial charge in [0.05, 0.1) is 21.7 Å². The molecule has 0 heterocycles. The summed E-state index contributed by atoms with van der Waals surface area (Å²) < 4.78 is 22.6. The van der Waals surface area contributed by atoms with Crippen molar-refractivity contribution in [2.75, 3.05) is 12.8 Å². The van der Waals surface area contributed by atoms with Crippen molar-refractivity contribution in [1.29, 1.82) is 0 Å². The lowest BCUT2D eigenvalue weighted by Gasteiger charge is -2.25. The first-order valence-corrected chi connectivity index (χ1v) is 10.4. The number of sulfonamides is 1. The molecule has 5 nitrogen and oxygen atoms in total. The Morgan fingerprint density at radius 3 is 2.36 bits per heavy atom. The predicted molar refractivity (Wildman–Crippen MR) is 101 cm³/mol. The van der Waals surface area contributed by atoms with E-state index in [1.54, 1.807) is 30.1 Å². The number of primary sulfonamides is 1. The lowest BCUT2D eigenvalue weighted by Crippen LogP contribution is -2.31. The molecule has 0 aliphatic rings. The summed E-state index contributed by atoms with van der Waals surface area (Å²) in [6.45, 7) is 1.88. The summed E-state index contributed by atoms with van der Waals surface area (Å²) in [5.74, 6) is 0.216. The molecule has 2 N–H and O–H groups in total. The number of halogens is 1. The average Bonchev–Trinajstić information content (AvgIpc) is 2.59. The molecule has 8 heteroatoms. The molecule has 134 valence electrons. The van der Waals surface area contributed by atoms with Gasteiger partial charge in [0, 0.05) is 11.9 Å². The van der Waals surface area contributed by atoms with Crippen LogP contribution in [-0.4, -0.2) is 32.0 Å². The second kappa shape index (κ2) is 8.23. The van der Waals surface area contributed by atoms with Crippen LogP contribution in [0.25, 0.3) is 0 Å². The average molecular weight is 399 g/mol. The van der Waals surface area contributed by atoms with Gasteiger partial charge >= 0.3 is 0 Å². The van der Waals surface area contributed by atoms with Crippen molar-refractivity contribution in [3.05, 3.63) is 59.1 Å². The van der Waals surface area contributed by atoms with Crippen molar-refractivity contribution in [2.24, 2.45) is 5.14 Å². The van der Waals surface area contributed by atoms with Crippen molar-refractivity contribution in [3.63, 3.8) is 0 Å². The van der Waals surface area contributed by atoms with E-state index >= 15 is 0 Å². The van der Waals surface area contributed by atoms with Crippen molar-refractivity contribution >= 4 is 39.3 Å². The van der Waals surface area contributed by atoms with Crippen LogP contribution < -0.4 is 5.14 Å². The molecule has 2 rings (SSSR count). The molecule has 0 saturated carbocycles. The zero-order valence-electron chi connectivity index (χ0n) is 13.8. The Morgan fingerprint density at radius 2 is 1.80 bits per heavy atom. The molecule has 25 heavy (non-hydrogen) atoms. The van der Waals surface area contributed by atoms with Crippen LogP contribution in [0.2, 0.25) is 5.02 Å². The van der Waals surface area contributed by atoms with Crippen LogP contribution in [0.3, 0.4) is 0 Å². The summed E-state index contributed by atoms with van der Waals surface area (Å²) >= 11 is 7.48. The van der Waals surface area contributed by atoms with Crippen molar-refractivity contribution in [1.82, 2.24) is 4.90 Å². The number of rotatable bonds is 6. The number of benzene rings is 2. The maximum atomic E-state index is 12.4. The first-order valence-electron chi connectivity index (χ1n) is 7.46. The normalized spacial score (nSPS) is 12.6. The third-order valence-electron chi connectivity index (χ3n) is 3.85. The lowest BCUT2D eigenvalue weighted by atomic mass is 10.1. The maximum Gasteiger partial charge on any atom is 0.238 e. The van der Waals surface area contributed by atoms with E-state index in [1.807, 2.05) is 25.1 Å². The molecule has 0 aromatic heterocycles. The van der Waals surface area contributed by atoms with Gasteiger partial charge in [-0.1, -0.05) is 35.9 Å². The Bertz CT molecular complexity index is 854. The minimum Gasteiger partial charge on any atom is -0.338 e. The molecule has 0 saturated heterocycles. The molecule has 0 radical (unpaired) electrons. The third kappa shape index (κ3) is 5.22. The minimum absolute atomic E-state index is 0.0479. The van der Waals surface area contributed by atoms with E-state index in [-0.39, 0.29) is 22.6 Å². The van der Waals surface area contributed by atoms with Gasteiger partial charge in [0.15, 0.2) is 0 Å². The highest BCUT2D eigenvalue weighted by Crippen LogP contribution is 2.28. The van der Waals surface area contributed by atoms with Crippen LogP contribution in [0.4, 0.5) is 0 Å². The minimum atomic E-state index is -3.72. The molecule has 0 fully saturated rings. The molecule has 0 spiro atoms. The Morgan fingerprint density at radius 1 is 1.20 bits per heavy atom. The van der Waals surface area contributed by atoms with Gasteiger partial charge in [-0.3, -0.25) is 4.79 Å². The zero-order valence-corrected chi connectivity index (χ0v) is 16.2. The van der Waals surface area contributed by atoms with E-state index in [0.717, 1.165) is 10.5 Å². The van der Waals surface area contributed by atoms with Crippen LogP contribution >= 0.6 is 23.4 Å². The summed E-state index contributed by atoms with van der Waals surface area (Å²) in [6, 6.07) is 13.4. The standard InChI is InChI=1S/C17H19ClN2O3S2/c1-12(13-7-9-14(10-8-13)25(19,22)23)20(2)17(21)11-24-16-6-4-3-5-15(16)18/h3-10,12H,11H2,1-2H3,(H2,19,22,23).